The molecule has 0 aromatic heterocycles. The first-order valence-electron chi connectivity index (χ1n) is 9.27. The number of rotatable bonds is 8. The molecule has 2 aromatic carbocycles. The molecule has 0 radical (unpaired) electrons. The number of nitro benzene ring substituents is 1. The van der Waals surface area contributed by atoms with Gasteiger partial charge in [0.15, 0.2) is 0 Å². The van der Waals surface area contributed by atoms with E-state index in [1.807, 2.05) is 24.3 Å². The predicted octanol–water partition coefficient (Wildman–Crippen LogP) is 2.89. The molecule has 0 unspecified atom stereocenters. The Morgan fingerprint density at radius 1 is 1.00 bits per heavy atom. The van der Waals surface area contributed by atoms with Gasteiger partial charge in [0.1, 0.15) is 0 Å². The molecule has 1 aliphatic rings. The molecule has 0 atom stereocenters. The Kier molecular flexibility index (Phi) is 6.78. The molecule has 0 spiro atoms. The van der Waals surface area contributed by atoms with E-state index in [4.69, 9.17) is 0 Å². The summed E-state index contributed by atoms with van der Waals surface area (Å²) >= 11 is 3.37. The van der Waals surface area contributed by atoms with Crippen molar-refractivity contribution in [2.75, 3.05) is 19.6 Å². The number of non-ortho nitro benzene ring substituents is 1. The third-order valence-electron chi connectivity index (χ3n) is 4.62. The van der Waals surface area contributed by atoms with E-state index in [1.54, 1.807) is 0 Å². The van der Waals surface area contributed by atoms with Gasteiger partial charge in [0, 0.05) is 36.2 Å². The number of nitrogens with zero attached hydrogens (tertiary/aromatic N) is 2. The van der Waals surface area contributed by atoms with Crippen LogP contribution < -0.4 is 10.6 Å². The highest BCUT2D eigenvalue weighted by Gasteiger charge is 2.36. The summed E-state index contributed by atoms with van der Waals surface area (Å²) in [4.78, 5) is 47.9. The van der Waals surface area contributed by atoms with Crippen molar-refractivity contribution in [3.8, 4) is 0 Å². The summed E-state index contributed by atoms with van der Waals surface area (Å²) in [6.07, 6.45) is 1.07. The number of halogens is 1. The zero-order valence-electron chi connectivity index (χ0n) is 15.9. The average molecular weight is 475 g/mol. The van der Waals surface area contributed by atoms with Crippen molar-refractivity contribution in [2.24, 2.45) is 0 Å². The molecule has 0 saturated heterocycles. The molecular weight excluding hydrogens is 456 g/mol. The lowest BCUT2D eigenvalue weighted by Crippen LogP contribution is -2.38. The van der Waals surface area contributed by atoms with Crippen LogP contribution in [0.3, 0.4) is 0 Å². The minimum absolute atomic E-state index is 0.0350. The van der Waals surface area contributed by atoms with E-state index >= 15 is 0 Å². The second-order valence-corrected chi connectivity index (χ2v) is 7.58. The summed E-state index contributed by atoms with van der Waals surface area (Å²) in [5.41, 5.74) is 1.06. The molecule has 0 aliphatic carbocycles. The van der Waals surface area contributed by atoms with Crippen LogP contribution in [-0.2, 0) is 6.42 Å². The molecule has 3 rings (SSSR count). The number of carbonyl (C=O) groups excluding carboxylic acids is 3. The third-order valence-corrected chi connectivity index (χ3v) is 5.15. The lowest BCUT2D eigenvalue weighted by molar-refractivity contribution is -0.384. The third kappa shape index (κ3) is 5.01. The summed E-state index contributed by atoms with van der Waals surface area (Å²) in [5.74, 6) is -1.04. The van der Waals surface area contributed by atoms with Gasteiger partial charge in [0.2, 0.25) is 0 Å². The van der Waals surface area contributed by atoms with E-state index in [2.05, 4.69) is 26.6 Å². The van der Waals surface area contributed by atoms with E-state index in [-0.39, 0.29) is 35.9 Å². The quantitative estimate of drug-likeness (QED) is 0.263. The summed E-state index contributed by atoms with van der Waals surface area (Å²) in [5, 5.41) is 16.3. The summed E-state index contributed by atoms with van der Waals surface area (Å²) in [6, 6.07) is 11.1. The maximum atomic E-state index is 12.4. The van der Waals surface area contributed by atoms with Crippen molar-refractivity contribution in [1.29, 1.82) is 0 Å². The van der Waals surface area contributed by atoms with Gasteiger partial charge in [-0.3, -0.25) is 24.6 Å². The minimum Gasteiger partial charge on any atom is -0.338 e. The summed E-state index contributed by atoms with van der Waals surface area (Å²) in [7, 11) is 0. The zero-order chi connectivity index (χ0) is 21.7. The van der Waals surface area contributed by atoms with Crippen LogP contribution in [-0.4, -0.2) is 47.3 Å². The maximum Gasteiger partial charge on any atom is 0.314 e. The van der Waals surface area contributed by atoms with Gasteiger partial charge in [-0.05, 0) is 36.6 Å². The van der Waals surface area contributed by atoms with E-state index in [1.165, 1.54) is 12.1 Å². The van der Waals surface area contributed by atoms with Gasteiger partial charge in [0.25, 0.3) is 17.5 Å². The molecule has 1 heterocycles. The van der Waals surface area contributed by atoms with Crippen molar-refractivity contribution in [3.05, 3.63) is 73.7 Å². The lowest BCUT2D eigenvalue weighted by atomic mass is 10.1. The number of imide groups is 1. The molecule has 0 bridgehead atoms. The van der Waals surface area contributed by atoms with E-state index in [0.29, 0.717) is 19.4 Å². The highest BCUT2D eigenvalue weighted by atomic mass is 79.9. The molecule has 9 nitrogen and oxygen atoms in total. The highest BCUT2D eigenvalue weighted by molar-refractivity contribution is 9.10. The number of benzene rings is 2. The first-order chi connectivity index (χ1) is 14.4. The Balaban J connectivity index is 1.40. The van der Waals surface area contributed by atoms with Crippen LogP contribution in [0.15, 0.2) is 46.9 Å². The molecule has 2 aromatic rings. The number of urea groups is 1. The summed E-state index contributed by atoms with van der Waals surface area (Å²) < 4.78 is 0.994. The van der Waals surface area contributed by atoms with Gasteiger partial charge in [-0.25, -0.2) is 4.79 Å². The van der Waals surface area contributed by atoms with Crippen molar-refractivity contribution in [2.45, 2.75) is 12.8 Å². The van der Waals surface area contributed by atoms with Gasteiger partial charge in [0.05, 0.1) is 16.1 Å². The largest absolute Gasteiger partial charge is 0.338 e. The predicted molar refractivity (Wildman–Crippen MR) is 112 cm³/mol. The fraction of sp³-hybridized carbons (Fsp3) is 0.250. The van der Waals surface area contributed by atoms with Crippen LogP contribution in [0.1, 0.15) is 32.7 Å². The van der Waals surface area contributed by atoms with Crippen molar-refractivity contribution >= 4 is 39.5 Å². The number of fused-ring (bicyclic) bond motifs is 1. The molecule has 0 saturated carbocycles. The zero-order valence-corrected chi connectivity index (χ0v) is 17.5. The summed E-state index contributed by atoms with van der Waals surface area (Å²) in [6.45, 7) is 0.863. The fourth-order valence-corrected chi connectivity index (χ4v) is 3.33. The van der Waals surface area contributed by atoms with Crippen LogP contribution in [0.2, 0.25) is 0 Å². The molecule has 10 heteroatoms. The highest BCUT2D eigenvalue weighted by Crippen LogP contribution is 2.26. The maximum absolute atomic E-state index is 12.4. The Morgan fingerprint density at radius 2 is 1.67 bits per heavy atom. The van der Waals surface area contributed by atoms with Gasteiger partial charge >= 0.3 is 6.03 Å². The molecule has 0 fully saturated rings. The Hall–Kier alpha value is -3.27. The first-order valence-corrected chi connectivity index (χ1v) is 10.1. The van der Waals surface area contributed by atoms with E-state index < -0.39 is 16.7 Å². The van der Waals surface area contributed by atoms with Gasteiger partial charge in [-0.2, -0.15) is 0 Å². The first kappa shape index (κ1) is 21.4. The lowest BCUT2D eigenvalue weighted by Gasteiger charge is -2.14. The number of amides is 4. The van der Waals surface area contributed by atoms with Crippen molar-refractivity contribution in [1.82, 2.24) is 15.5 Å². The van der Waals surface area contributed by atoms with Gasteiger partial charge in [-0.15, -0.1) is 0 Å². The smallest absolute Gasteiger partial charge is 0.314 e. The standard InChI is InChI=1S/C20H19BrN4O5/c21-14-4-2-13(3-5-14)8-10-23-20(28)22-9-1-11-24-18(26)16-7-6-15(25(29)30)12-17(16)19(24)27/h2-7,12H,1,8-11H2,(H2,22,23,28). The molecular formula is C20H19BrN4O5. The normalized spacial score (nSPS) is 12.6. The van der Waals surface area contributed by atoms with E-state index in [9.17, 15) is 24.5 Å². The number of nitrogens with one attached hydrogen (secondary N) is 2. The van der Waals surface area contributed by atoms with Crippen LogP contribution in [0.5, 0.6) is 0 Å². The van der Waals surface area contributed by atoms with Gasteiger partial charge < -0.3 is 10.6 Å². The fourth-order valence-electron chi connectivity index (χ4n) is 3.07. The number of hydrogen-bond donors (Lipinski definition) is 2. The molecule has 30 heavy (non-hydrogen) atoms. The Morgan fingerprint density at radius 3 is 2.37 bits per heavy atom. The van der Waals surface area contributed by atoms with Crippen molar-refractivity contribution < 1.29 is 19.3 Å². The number of nitro groups is 1. The van der Waals surface area contributed by atoms with Crippen molar-refractivity contribution in [3.63, 3.8) is 0 Å². The minimum atomic E-state index is -0.611. The molecule has 2 N–H and O–H groups in total. The van der Waals surface area contributed by atoms with Gasteiger partial charge in [-0.1, -0.05) is 28.1 Å². The van der Waals surface area contributed by atoms with Crippen LogP contribution in [0.4, 0.5) is 10.5 Å². The Bertz CT molecular complexity index is 993. The van der Waals surface area contributed by atoms with Crippen LogP contribution in [0, 0.1) is 10.1 Å². The second kappa shape index (κ2) is 9.49. The topological polar surface area (TPSA) is 122 Å². The Labute approximate surface area is 180 Å². The van der Waals surface area contributed by atoms with Crippen LogP contribution in [0.25, 0.3) is 0 Å². The second-order valence-electron chi connectivity index (χ2n) is 6.66. The molecule has 4 amide bonds. The van der Waals surface area contributed by atoms with E-state index in [0.717, 1.165) is 21.0 Å². The van der Waals surface area contributed by atoms with Crippen LogP contribution >= 0.6 is 15.9 Å². The number of carbonyl (C=O) groups is 3. The molecule has 156 valence electrons. The SMILES string of the molecule is O=C(NCCCN1C(=O)c2ccc([N+](=O)[O-])cc2C1=O)NCCc1ccc(Br)cc1. The average Bonchev–Trinajstić information content (AvgIpc) is 2.96. The number of hydrogen-bond acceptors (Lipinski definition) is 5. The molecule has 1 aliphatic heterocycles. The monoisotopic (exact) mass is 474 g/mol.